The Morgan fingerprint density at radius 1 is 1.08 bits per heavy atom. The number of nitrogens with zero attached hydrogens (tertiary/aromatic N) is 3. The number of rotatable bonds is 7. The second kappa shape index (κ2) is 7.88. The molecule has 0 saturated heterocycles. The normalized spacial score (nSPS) is 11.3. The van der Waals surface area contributed by atoms with Crippen LogP contribution in [0.1, 0.15) is 12.5 Å². The lowest BCUT2D eigenvalue weighted by molar-refractivity contribution is 0.591. The Hall–Kier alpha value is -2.38. The molecule has 2 aromatic heterocycles. The van der Waals surface area contributed by atoms with Crippen LogP contribution in [0.3, 0.4) is 0 Å². The van der Waals surface area contributed by atoms with Crippen LogP contribution >= 0.6 is 11.3 Å². The van der Waals surface area contributed by atoms with E-state index in [0.717, 1.165) is 12.4 Å². The van der Waals surface area contributed by atoms with Gasteiger partial charge in [0.1, 0.15) is 10.7 Å². The van der Waals surface area contributed by atoms with Crippen molar-refractivity contribution in [3.05, 3.63) is 71.1 Å². The van der Waals surface area contributed by atoms with E-state index < -0.39 is 10.0 Å². The molecular formula is C19H21N3O2S2. The Labute approximate surface area is 158 Å². The van der Waals surface area contributed by atoms with Crippen molar-refractivity contribution in [2.24, 2.45) is 0 Å². The van der Waals surface area contributed by atoms with Crippen LogP contribution in [0, 0.1) is 0 Å². The van der Waals surface area contributed by atoms with Gasteiger partial charge in [-0.25, -0.2) is 13.4 Å². The van der Waals surface area contributed by atoms with Crippen LogP contribution in [0.2, 0.25) is 0 Å². The molecule has 0 bridgehead atoms. The van der Waals surface area contributed by atoms with Gasteiger partial charge in [-0.1, -0.05) is 18.2 Å². The first-order valence-corrected chi connectivity index (χ1v) is 10.7. The third-order valence-electron chi connectivity index (χ3n) is 4.03. The molecule has 7 heteroatoms. The summed E-state index contributed by atoms with van der Waals surface area (Å²) in [7, 11) is -1.70. The average molecular weight is 388 g/mol. The maximum Gasteiger partial charge on any atom is 0.265 e. The van der Waals surface area contributed by atoms with E-state index in [2.05, 4.69) is 16.4 Å². The van der Waals surface area contributed by atoms with Crippen LogP contribution in [0.25, 0.3) is 0 Å². The summed E-state index contributed by atoms with van der Waals surface area (Å²) in [6, 6.07) is 14.5. The van der Waals surface area contributed by atoms with Crippen LogP contribution in [0.5, 0.6) is 0 Å². The topological polar surface area (TPSA) is 53.5 Å². The van der Waals surface area contributed by atoms with E-state index in [0.29, 0.717) is 12.2 Å². The first-order valence-electron chi connectivity index (χ1n) is 8.28. The van der Waals surface area contributed by atoms with E-state index in [9.17, 15) is 8.42 Å². The molecule has 0 saturated carbocycles. The highest BCUT2D eigenvalue weighted by Gasteiger charge is 2.24. The third kappa shape index (κ3) is 3.89. The number of thiophene rings is 1. The lowest BCUT2D eigenvalue weighted by Gasteiger charge is -2.23. The summed E-state index contributed by atoms with van der Waals surface area (Å²) >= 11 is 1.65. The van der Waals surface area contributed by atoms with Crippen molar-refractivity contribution in [2.75, 3.05) is 22.8 Å². The number of benzene rings is 1. The number of pyridine rings is 1. The molecule has 0 aliphatic carbocycles. The van der Waals surface area contributed by atoms with E-state index in [-0.39, 0.29) is 4.90 Å². The lowest BCUT2D eigenvalue weighted by atomic mass is 10.3. The van der Waals surface area contributed by atoms with E-state index in [1.165, 1.54) is 16.1 Å². The predicted molar refractivity (Wildman–Crippen MR) is 107 cm³/mol. The van der Waals surface area contributed by atoms with Crippen LogP contribution in [0.15, 0.2) is 70.4 Å². The van der Waals surface area contributed by atoms with Gasteiger partial charge in [0, 0.05) is 26.3 Å². The highest BCUT2D eigenvalue weighted by Crippen LogP contribution is 2.24. The minimum atomic E-state index is -3.64. The van der Waals surface area contributed by atoms with Crippen molar-refractivity contribution in [1.82, 2.24) is 4.98 Å². The molecular weight excluding hydrogens is 366 g/mol. The Balaban J connectivity index is 1.82. The van der Waals surface area contributed by atoms with Gasteiger partial charge >= 0.3 is 0 Å². The monoisotopic (exact) mass is 387 g/mol. The minimum absolute atomic E-state index is 0.191. The zero-order valence-corrected chi connectivity index (χ0v) is 16.4. The standard InChI is InChI=1S/C19H21N3O2S2/c1-3-22(17-7-5-4-6-8-17)26(23,24)18-9-10-19(20-13-18)21(2)14-16-11-12-25-15-16/h4-13,15H,3,14H2,1-2H3. The summed E-state index contributed by atoms with van der Waals surface area (Å²) in [5, 5.41) is 4.13. The fraction of sp³-hybridized carbons (Fsp3) is 0.211. The molecule has 1 aromatic carbocycles. The fourth-order valence-electron chi connectivity index (χ4n) is 2.70. The number of sulfonamides is 1. The van der Waals surface area contributed by atoms with E-state index >= 15 is 0 Å². The van der Waals surface area contributed by atoms with Gasteiger partial charge in [0.15, 0.2) is 0 Å². The van der Waals surface area contributed by atoms with Gasteiger partial charge < -0.3 is 4.90 Å². The van der Waals surface area contributed by atoms with Gasteiger partial charge in [-0.15, -0.1) is 0 Å². The predicted octanol–water partition coefficient (Wildman–Crippen LogP) is 3.99. The van der Waals surface area contributed by atoms with Crippen molar-refractivity contribution < 1.29 is 8.42 Å². The highest BCUT2D eigenvalue weighted by atomic mass is 32.2. The molecule has 0 radical (unpaired) electrons. The zero-order valence-electron chi connectivity index (χ0n) is 14.7. The first-order chi connectivity index (χ1) is 12.5. The minimum Gasteiger partial charge on any atom is -0.355 e. The van der Waals surface area contributed by atoms with Gasteiger partial charge in [0.05, 0.1) is 5.69 Å². The first kappa shape index (κ1) is 18.4. The van der Waals surface area contributed by atoms with Crippen molar-refractivity contribution in [3.8, 4) is 0 Å². The third-order valence-corrected chi connectivity index (χ3v) is 6.65. The maximum atomic E-state index is 13.0. The van der Waals surface area contributed by atoms with Crippen molar-refractivity contribution in [2.45, 2.75) is 18.4 Å². The van der Waals surface area contributed by atoms with Gasteiger partial charge in [-0.05, 0) is 53.6 Å². The molecule has 0 unspecified atom stereocenters. The maximum absolute atomic E-state index is 13.0. The van der Waals surface area contributed by atoms with Crippen molar-refractivity contribution in [3.63, 3.8) is 0 Å². The Bertz CT molecular complexity index is 925. The average Bonchev–Trinajstić information content (AvgIpc) is 3.16. The highest BCUT2D eigenvalue weighted by molar-refractivity contribution is 7.92. The number of hydrogen-bond donors (Lipinski definition) is 0. The van der Waals surface area contributed by atoms with Crippen LogP contribution in [-0.4, -0.2) is 27.0 Å². The molecule has 0 amide bonds. The van der Waals surface area contributed by atoms with Crippen molar-refractivity contribution >= 4 is 32.9 Å². The van der Waals surface area contributed by atoms with E-state index in [4.69, 9.17) is 0 Å². The summed E-state index contributed by atoms with van der Waals surface area (Å²) < 4.78 is 27.3. The molecule has 3 aromatic rings. The molecule has 0 aliphatic rings. The van der Waals surface area contributed by atoms with Gasteiger partial charge in [-0.2, -0.15) is 11.3 Å². The largest absolute Gasteiger partial charge is 0.355 e. The summed E-state index contributed by atoms with van der Waals surface area (Å²) in [6.07, 6.45) is 1.43. The molecule has 0 spiro atoms. The number of hydrogen-bond acceptors (Lipinski definition) is 5. The van der Waals surface area contributed by atoms with Crippen LogP contribution in [0.4, 0.5) is 11.5 Å². The summed E-state index contributed by atoms with van der Waals surface area (Å²) in [6.45, 7) is 2.90. The zero-order chi connectivity index (χ0) is 18.6. The molecule has 3 rings (SSSR count). The van der Waals surface area contributed by atoms with Crippen LogP contribution < -0.4 is 9.21 Å². The molecule has 0 aliphatic heterocycles. The second-order valence-electron chi connectivity index (χ2n) is 5.85. The number of aromatic nitrogens is 1. The Kier molecular flexibility index (Phi) is 5.58. The number of anilines is 2. The summed E-state index contributed by atoms with van der Waals surface area (Å²) in [5.74, 6) is 0.734. The molecule has 0 N–H and O–H groups in total. The van der Waals surface area contributed by atoms with Gasteiger partial charge in [0.2, 0.25) is 0 Å². The van der Waals surface area contributed by atoms with E-state index in [1.54, 1.807) is 35.6 Å². The fourth-order valence-corrected chi connectivity index (χ4v) is 4.78. The van der Waals surface area contributed by atoms with Crippen LogP contribution in [-0.2, 0) is 16.6 Å². The molecule has 26 heavy (non-hydrogen) atoms. The van der Waals surface area contributed by atoms with Gasteiger partial charge in [-0.3, -0.25) is 4.31 Å². The van der Waals surface area contributed by atoms with Crippen molar-refractivity contribution in [1.29, 1.82) is 0 Å². The smallest absolute Gasteiger partial charge is 0.265 e. The lowest BCUT2D eigenvalue weighted by Crippen LogP contribution is -2.30. The molecule has 0 atom stereocenters. The SMILES string of the molecule is CCN(c1ccccc1)S(=O)(=O)c1ccc(N(C)Cc2ccsc2)nc1. The van der Waals surface area contributed by atoms with E-state index in [1.807, 2.05) is 42.5 Å². The van der Waals surface area contributed by atoms with Gasteiger partial charge in [0.25, 0.3) is 10.0 Å². The molecule has 5 nitrogen and oxygen atoms in total. The Morgan fingerprint density at radius 3 is 2.42 bits per heavy atom. The molecule has 136 valence electrons. The number of para-hydroxylation sites is 1. The Morgan fingerprint density at radius 2 is 1.85 bits per heavy atom. The summed E-state index contributed by atoms with van der Waals surface area (Å²) in [4.78, 5) is 6.54. The quantitative estimate of drug-likeness (QED) is 0.615. The summed E-state index contributed by atoms with van der Waals surface area (Å²) in [5.41, 5.74) is 1.85. The second-order valence-corrected chi connectivity index (χ2v) is 8.49. The molecule has 2 heterocycles. The molecule has 0 fully saturated rings.